The summed E-state index contributed by atoms with van der Waals surface area (Å²) < 4.78 is 0. The second-order valence-electron chi connectivity index (χ2n) is 7.10. The molecule has 0 spiro atoms. The molecule has 0 amide bonds. The minimum absolute atomic E-state index is 0.197. The number of aliphatic imine (C=N–C) groups is 1. The molecule has 0 aromatic heterocycles. The third-order valence-corrected chi connectivity index (χ3v) is 3.81. The van der Waals surface area contributed by atoms with Crippen molar-refractivity contribution in [3.63, 3.8) is 0 Å². The number of hydrogen-bond acceptors (Lipinski definition) is 2. The molecule has 0 aromatic rings. The lowest BCUT2D eigenvalue weighted by molar-refractivity contribution is 0.215. The number of nitrogens with two attached hydrogens (primary N) is 2. The van der Waals surface area contributed by atoms with Crippen LogP contribution in [0.15, 0.2) is 4.99 Å². The Morgan fingerprint density at radius 3 is 2.32 bits per heavy atom. The van der Waals surface area contributed by atoms with E-state index in [1.165, 1.54) is 32.1 Å². The zero-order chi connectivity index (χ0) is 14.3. The highest BCUT2D eigenvalue weighted by Crippen LogP contribution is 2.34. The fourth-order valence-corrected chi connectivity index (χ4v) is 3.03. The molecule has 0 bridgehead atoms. The van der Waals surface area contributed by atoms with Gasteiger partial charge >= 0.3 is 0 Å². The quantitative estimate of drug-likeness (QED) is 0.393. The largest absolute Gasteiger partial charge is 0.370 e. The first-order valence-corrected chi connectivity index (χ1v) is 7.65. The normalized spacial score (nSPS) is 24.2. The molecule has 1 rings (SSSR count). The summed E-state index contributed by atoms with van der Waals surface area (Å²) in [6.45, 7) is 8.79. The van der Waals surface area contributed by atoms with Crippen molar-refractivity contribution in [3.8, 4) is 0 Å². The van der Waals surface area contributed by atoms with Gasteiger partial charge in [-0.15, -0.1) is 0 Å². The van der Waals surface area contributed by atoms with Crippen molar-refractivity contribution < 1.29 is 0 Å². The lowest BCUT2D eigenvalue weighted by Gasteiger charge is -2.33. The second kappa shape index (κ2) is 7.73. The lowest BCUT2D eigenvalue weighted by atomic mass is 9.76. The van der Waals surface area contributed by atoms with E-state index in [0.717, 1.165) is 25.4 Å². The summed E-state index contributed by atoms with van der Waals surface area (Å²) in [7, 11) is 0. The van der Waals surface area contributed by atoms with Crippen LogP contribution < -0.4 is 16.8 Å². The summed E-state index contributed by atoms with van der Waals surface area (Å²) in [6.07, 6.45) is 7.78. The van der Waals surface area contributed by atoms with E-state index in [0.29, 0.717) is 11.5 Å². The molecule has 0 heterocycles. The van der Waals surface area contributed by atoms with Crippen LogP contribution in [-0.4, -0.2) is 25.1 Å². The van der Waals surface area contributed by atoms with Crippen LogP contribution in [0.1, 0.15) is 59.3 Å². The number of guanidine groups is 1. The van der Waals surface area contributed by atoms with Gasteiger partial charge in [-0.3, -0.25) is 4.99 Å². The molecule has 0 aromatic carbocycles. The highest BCUT2D eigenvalue weighted by molar-refractivity contribution is 5.75. The Bertz CT molecular complexity index is 268. The summed E-state index contributed by atoms with van der Waals surface area (Å²) in [4.78, 5) is 3.99. The van der Waals surface area contributed by atoms with Crippen molar-refractivity contribution in [2.24, 2.45) is 27.8 Å². The molecule has 0 radical (unpaired) electrons. The maximum Gasteiger partial charge on any atom is 0.185 e. The zero-order valence-electron chi connectivity index (χ0n) is 12.9. The highest BCUT2D eigenvalue weighted by Gasteiger charge is 2.24. The van der Waals surface area contributed by atoms with Crippen molar-refractivity contribution in [2.45, 2.75) is 65.3 Å². The first kappa shape index (κ1) is 16.3. The van der Waals surface area contributed by atoms with Crippen LogP contribution in [0.4, 0.5) is 0 Å². The van der Waals surface area contributed by atoms with E-state index < -0.39 is 0 Å². The first-order chi connectivity index (χ1) is 8.87. The molecule has 4 heteroatoms. The smallest absolute Gasteiger partial charge is 0.185 e. The van der Waals surface area contributed by atoms with Crippen LogP contribution in [-0.2, 0) is 0 Å². The Morgan fingerprint density at radius 2 is 1.79 bits per heavy atom. The Balaban J connectivity index is 2.08. The maximum absolute atomic E-state index is 5.29. The molecule has 0 saturated heterocycles. The Labute approximate surface area is 118 Å². The van der Waals surface area contributed by atoms with Gasteiger partial charge in [0, 0.05) is 12.6 Å². The minimum Gasteiger partial charge on any atom is -0.370 e. The Hall–Kier alpha value is -0.770. The van der Waals surface area contributed by atoms with Crippen molar-refractivity contribution in [1.29, 1.82) is 0 Å². The fourth-order valence-electron chi connectivity index (χ4n) is 3.03. The SMILES string of the molecule is CC(C)(C)CC1CCC(NCCCN=C(N)N)CC1. The summed E-state index contributed by atoms with van der Waals surface area (Å²) >= 11 is 0. The molecule has 112 valence electrons. The van der Waals surface area contributed by atoms with Crippen molar-refractivity contribution in [3.05, 3.63) is 0 Å². The van der Waals surface area contributed by atoms with E-state index in [9.17, 15) is 0 Å². The molecule has 0 aliphatic heterocycles. The molecule has 1 aliphatic rings. The fraction of sp³-hybridized carbons (Fsp3) is 0.933. The van der Waals surface area contributed by atoms with E-state index in [4.69, 9.17) is 11.5 Å². The Morgan fingerprint density at radius 1 is 1.16 bits per heavy atom. The molecule has 0 unspecified atom stereocenters. The van der Waals surface area contributed by atoms with Gasteiger partial charge < -0.3 is 16.8 Å². The highest BCUT2D eigenvalue weighted by atomic mass is 15.0. The van der Waals surface area contributed by atoms with Gasteiger partial charge in [-0.25, -0.2) is 0 Å². The summed E-state index contributed by atoms with van der Waals surface area (Å²) in [5, 5.41) is 3.63. The van der Waals surface area contributed by atoms with Crippen molar-refractivity contribution >= 4 is 5.96 Å². The van der Waals surface area contributed by atoms with E-state index in [1.54, 1.807) is 0 Å². The average molecular weight is 268 g/mol. The van der Waals surface area contributed by atoms with Gasteiger partial charge in [0.05, 0.1) is 0 Å². The molecule has 1 fully saturated rings. The van der Waals surface area contributed by atoms with E-state index in [-0.39, 0.29) is 5.96 Å². The number of rotatable bonds is 6. The number of nitrogens with zero attached hydrogens (tertiary/aromatic N) is 1. The Kier molecular flexibility index (Phi) is 6.63. The van der Waals surface area contributed by atoms with Crippen LogP contribution in [0.2, 0.25) is 0 Å². The van der Waals surface area contributed by atoms with Gasteiger partial charge in [-0.05, 0) is 56.4 Å². The first-order valence-electron chi connectivity index (χ1n) is 7.65. The van der Waals surface area contributed by atoms with E-state index in [2.05, 4.69) is 31.1 Å². The van der Waals surface area contributed by atoms with Gasteiger partial charge in [-0.2, -0.15) is 0 Å². The van der Waals surface area contributed by atoms with Gasteiger partial charge in [0.25, 0.3) is 0 Å². The minimum atomic E-state index is 0.197. The third kappa shape index (κ3) is 8.09. The standard InChI is InChI=1S/C15H32N4/c1-15(2,3)11-12-5-7-13(8-6-12)18-9-4-10-19-14(16)17/h12-13,18H,4-11H2,1-3H3,(H4,16,17,19). The monoisotopic (exact) mass is 268 g/mol. The second-order valence-corrected chi connectivity index (χ2v) is 7.10. The van der Waals surface area contributed by atoms with Crippen LogP contribution >= 0.6 is 0 Å². The topological polar surface area (TPSA) is 76.4 Å². The molecule has 1 saturated carbocycles. The molecule has 5 N–H and O–H groups in total. The van der Waals surface area contributed by atoms with Crippen LogP contribution in [0.25, 0.3) is 0 Å². The zero-order valence-corrected chi connectivity index (χ0v) is 12.9. The molecular weight excluding hydrogens is 236 g/mol. The van der Waals surface area contributed by atoms with E-state index >= 15 is 0 Å². The molecule has 0 atom stereocenters. The number of nitrogens with one attached hydrogen (secondary N) is 1. The van der Waals surface area contributed by atoms with Crippen LogP contribution in [0.5, 0.6) is 0 Å². The summed E-state index contributed by atoms with van der Waals surface area (Å²) in [5.41, 5.74) is 11.1. The summed E-state index contributed by atoms with van der Waals surface area (Å²) in [5.74, 6) is 1.13. The lowest BCUT2D eigenvalue weighted by Crippen LogP contribution is -2.34. The van der Waals surface area contributed by atoms with Gasteiger partial charge in [-0.1, -0.05) is 20.8 Å². The van der Waals surface area contributed by atoms with Crippen LogP contribution in [0.3, 0.4) is 0 Å². The molecule has 1 aliphatic carbocycles. The molecule has 4 nitrogen and oxygen atoms in total. The van der Waals surface area contributed by atoms with Crippen molar-refractivity contribution in [1.82, 2.24) is 5.32 Å². The van der Waals surface area contributed by atoms with Gasteiger partial charge in [0.2, 0.25) is 0 Å². The van der Waals surface area contributed by atoms with Crippen LogP contribution in [0, 0.1) is 11.3 Å². The predicted molar refractivity (Wildman–Crippen MR) is 83.1 cm³/mol. The summed E-state index contributed by atoms with van der Waals surface area (Å²) in [6, 6.07) is 0.704. The van der Waals surface area contributed by atoms with Gasteiger partial charge in [0.15, 0.2) is 5.96 Å². The predicted octanol–water partition coefficient (Wildman–Crippen LogP) is 2.23. The molecule has 19 heavy (non-hydrogen) atoms. The molecular formula is C15H32N4. The maximum atomic E-state index is 5.29. The van der Waals surface area contributed by atoms with Gasteiger partial charge in [0.1, 0.15) is 0 Å². The van der Waals surface area contributed by atoms with Crippen molar-refractivity contribution in [2.75, 3.05) is 13.1 Å². The number of hydrogen-bond donors (Lipinski definition) is 3. The average Bonchev–Trinajstić information content (AvgIpc) is 2.28. The van der Waals surface area contributed by atoms with E-state index in [1.807, 2.05) is 0 Å². The third-order valence-electron chi connectivity index (χ3n) is 3.81.